The van der Waals surface area contributed by atoms with Crippen molar-refractivity contribution >= 4 is 28.6 Å². The fourth-order valence-electron chi connectivity index (χ4n) is 2.87. The summed E-state index contributed by atoms with van der Waals surface area (Å²) in [5.41, 5.74) is 2.89. The van der Waals surface area contributed by atoms with Crippen molar-refractivity contribution in [2.45, 2.75) is 31.5 Å². The van der Waals surface area contributed by atoms with E-state index in [1.807, 2.05) is 37.3 Å². The van der Waals surface area contributed by atoms with E-state index < -0.39 is 0 Å². The minimum absolute atomic E-state index is 0.0719. The van der Waals surface area contributed by atoms with Crippen LogP contribution in [-0.2, 0) is 18.3 Å². The SMILES string of the molecule is CCc1ccc(C(C)NC(=O)CSc2nc3ccccc3c(=O)n2C)cc1. The van der Waals surface area contributed by atoms with Crippen LogP contribution in [0.1, 0.15) is 31.0 Å². The number of carbonyl (C=O) groups is 1. The van der Waals surface area contributed by atoms with Crippen LogP contribution in [0, 0.1) is 0 Å². The first-order valence-corrected chi connectivity index (χ1v) is 9.95. The van der Waals surface area contributed by atoms with Crippen molar-refractivity contribution in [1.29, 1.82) is 0 Å². The Bertz CT molecular complexity index is 1010. The van der Waals surface area contributed by atoms with Crippen LogP contribution in [0.15, 0.2) is 58.5 Å². The van der Waals surface area contributed by atoms with Gasteiger partial charge in [0.2, 0.25) is 5.91 Å². The molecule has 0 fully saturated rings. The molecule has 0 saturated heterocycles. The Kier molecular flexibility index (Phi) is 5.96. The molecule has 1 atom stereocenters. The highest BCUT2D eigenvalue weighted by molar-refractivity contribution is 7.99. The number of benzene rings is 2. The van der Waals surface area contributed by atoms with E-state index in [0.717, 1.165) is 12.0 Å². The average Bonchev–Trinajstić information content (AvgIpc) is 2.69. The first-order chi connectivity index (χ1) is 13.0. The maximum absolute atomic E-state index is 12.4. The van der Waals surface area contributed by atoms with Gasteiger partial charge in [0, 0.05) is 7.05 Å². The van der Waals surface area contributed by atoms with Gasteiger partial charge < -0.3 is 5.32 Å². The molecule has 0 saturated carbocycles. The lowest BCUT2D eigenvalue weighted by molar-refractivity contribution is -0.119. The molecule has 3 aromatic rings. The van der Waals surface area contributed by atoms with Crippen LogP contribution < -0.4 is 10.9 Å². The molecule has 0 aliphatic heterocycles. The van der Waals surface area contributed by atoms with Crippen LogP contribution >= 0.6 is 11.8 Å². The lowest BCUT2D eigenvalue weighted by atomic mass is 10.1. The van der Waals surface area contributed by atoms with Crippen molar-refractivity contribution in [3.63, 3.8) is 0 Å². The molecule has 27 heavy (non-hydrogen) atoms. The molecule has 1 heterocycles. The summed E-state index contributed by atoms with van der Waals surface area (Å²) >= 11 is 1.27. The molecule has 1 unspecified atom stereocenters. The summed E-state index contributed by atoms with van der Waals surface area (Å²) in [6.45, 7) is 4.08. The molecule has 2 aromatic carbocycles. The van der Waals surface area contributed by atoms with Crippen LogP contribution in [0.4, 0.5) is 0 Å². The molecule has 0 aliphatic carbocycles. The summed E-state index contributed by atoms with van der Waals surface area (Å²) in [6, 6.07) is 15.4. The molecular formula is C21H23N3O2S. The fraction of sp³-hybridized carbons (Fsp3) is 0.286. The van der Waals surface area contributed by atoms with Gasteiger partial charge in [-0.1, -0.05) is 55.1 Å². The summed E-state index contributed by atoms with van der Waals surface area (Å²) in [5, 5.41) is 4.12. The van der Waals surface area contributed by atoms with Crippen molar-refractivity contribution in [2.24, 2.45) is 7.05 Å². The largest absolute Gasteiger partial charge is 0.349 e. The van der Waals surface area contributed by atoms with Crippen LogP contribution in [0.3, 0.4) is 0 Å². The highest BCUT2D eigenvalue weighted by Crippen LogP contribution is 2.18. The Balaban J connectivity index is 1.66. The number of aromatic nitrogens is 2. The van der Waals surface area contributed by atoms with Gasteiger partial charge in [0.15, 0.2) is 5.16 Å². The second kappa shape index (κ2) is 8.39. The zero-order chi connectivity index (χ0) is 19.4. The molecule has 3 rings (SSSR count). The van der Waals surface area contributed by atoms with Crippen LogP contribution in [0.2, 0.25) is 0 Å². The number of thioether (sulfide) groups is 1. The molecule has 5 nitrogen and oxygen atoms in total. The number of rotatable bonds is 6. The van der Waals surface area contributed by atoms with E-state index in [0.29, 0.717) is 16.1 Å². The van der Waals surface area contributed by atoms with Gasteiger partial charge in [0.25, 0.3) is 5.56 Å². The third-order valence-corrected chi connectivity index (χ3v) is 5.57. The van der Waals surface area contributed by atoms with Gasteiger partial charge >= 0.3 is 0 Å². The number of para-hydroxylation sites is 1. The molecule has 0 radical (unpaired) electrons. The van der Waals surface area contributed by atoms with Gasteiger partial charge in [-0.15, -0.1) is 0 Å². The lowest BCUT2D eigenvalue weighted by Gasteiger charge is -2.15. The van der Waals surface area contributed by atoms with Gasteiger partial charge in [-0.3, -0.25) is 14.2 Å². The highest BCUT2D eigenvalue weighted by Gasteiger charge is 2.13. The molecular weight excluding hydrogens is 358 g/mol. The zero-order valence-corrected chi connectivity index (χ0v) is 16.5. The number of carbonyl (C=O) groups excluding carboxylic acids is 1. The van der Waals surface area contributed by atoms with Gasteiger partial charge in [-0.25, -0.2) is 4.98 Å². The van der Waals surface area contributed by atoms with Crippen LogP contribution in [0.5, 0.6) is 0 Å². The minimum Gasteiger partial charge on any atom is -0.349 e. The van der Waals surface area contributed by atoms with E-state index in [-0.39, 0.29) is 23.3 Å². The van der Waals surface area contributed by atoms with Crippen molar-refractivity contribution < 1.29 is 4.79 Å². The van der Waals surface area contributed by atoms with Crippen molar-refractivity contribution in [2.75, 3.05) is 5.75 Å². The quantitative estimate of drug-likeness (QED) is 0.525. The molecule has 140 valence electrons. The predicted octanol–water partition coefficient (Wildman–Crippen LogP) is 3.47. The maximum atomic E-state index is 12.4. The summed E-state index contributed by atoms with van der Waals surface area (Å²) in [6.07, 6.45) is 0.995. The molecule has 0 bridgehead atoms. The Morgan fingerprint density at radius 3 is 2.59 bits per heavy atom. The zero-order valence-electron chi connectivity index (χ0n) is 15.7. The number of fused-ring (bicyclic) bond motifs is 1. The highest BCUT2D eigenvalue weighted by atomic mass is 32.2. The normalized spacial score (nSPS) is 12.1. The lowest BCUT2D eigenvalue weighted by Crippen LogP contribution is -2.28. The summed E-state index contributed by atoms with van der Waals surface area (Å²) in [7, 11) is 1.68. The van der Waals surface area contributed by atoms with Gasteiger partial charge in [-0.05, 0) is 36.6 Å². The van der Waals surface area contributed by atoms with Gasteiger partial charge in [-0.2, -0.15) is 0 Å². The smallest absolute Gasteiger partial charge is 0.261 e. The van der Waals surface area contributed by atoms with Crippen molar-refractivity contribution in [1.82, 2.24) is 14.9 Å². The first-order valence-electron chi connectivity index (χ1n) is 8.96. The second-order valence-electron chi connectivity index (χ2n) is 6.45. The predicted molar refractivity (Wildman–Crippen MR) is 110 cm³/mol. The van der Waals surface area contributed by atoms with E-state index >= 15 is 0 Å². The van der Waals surface area contributed by atoms with E-state index in [2.05, 4.69) is 29.4 Å². The van der Waals surface area contributed by atoms with E-state index in [9.17, 15) is 9.59 Å². The number of aryl methyl sites for hydroxylation is 1. The summed E-state index contributed by atoms with van der Waals surface area (Å²) in [5.74, 6) is 0.116. The van der Waals surface area contributed by atoms with E-state index in [1.54, 1.807) is 13.1 Å². The standard InChI is InChI=1S/C21H23N3O2S/c1-4-15-9-11-16(12-10-15)14(2)22-19(25)13-27-21-23-18-8-6-5-7-17(18)20(26)24(21)3/h5-12,14H,4,13H2,1-3H3,(H,22,25). The van der Waals surface area contributed by atoms with Gasteiger partial charge in [0.05, 0.1) is 22.7 Å². The Morgan fingerprint density at radius 1 is 1.19 bits per heavy atom. The molecule has 1 N–H and O–H groups in total. The van der Waals surface area contributed by atoms with E-state index in [1.165, 1.54) is 21.9 Å². The van der Waals surface area contributed by atoms with Gasteiger partial charge in [0.1, 0.15) is 0 Å². The van der Waals surface area contributed by atoms with E-state index in [4.69, 9.17) is 0 Å². The molecule has 0 spiro atoms. The number of nitrogens with one attached hydrogen (secondary N) is 1. The fourth-order valence-corrected chi connectivity index (χ4v) is 3.65. The topological polar surface area (TPSA) is 64.0 Å². The molecule has 1 aromatic heterocycles. The summed E-state index contributed by atoms with van der Waals surface area (Å²) in [4.78, 5) is 29.3. The molecule has 6 heteroatoms. The number of hydrogen-bond donors (Lipinski definition) is 1. The average molecular weight is 382 g/mol. The number of nitrogens with zero attached hydrogens (tertiary/aromatic N) is 2. The Labute approximate surface area is 162 Å². The minimum atomic E-state index is -0.104. The Morgan fingerprint density at radius 2 is 1.89 bits per heavy atom. The third-order valence-electron chi connectivity index (χ3n) is 4.54. The molecule has 1 amide bonds. The summed E-state index contributed by atoms with van der Waals surface area (Å²) < 4.78 is 1.49. The van der Waals surface area contributed by atoms with Crippen LogP contribution in [-0.4, -0.2) is 21.2 Å². The Hall–Kier alpha value is -2.60. The third kappa shape index (κ3) is 4.39. The van der Waals surface area contributed by atoms with Crippen molar-refractivity contribution in [3.05, 3.63) is 70.0 Å². The maximum Gasteiger partial charge on any atom is 0.261 e. The molecule has 0 aliphatic rings. The van der Waals surface area contributed by atoms with Crippen molar-refractivity contribution in [3.8, 4) is 0 Å². The van der Waals surface area contributed by atoms with Crippen LogP contribution in [0.25, 0.3) is 10.9 Å². The monoisotopic (exact) mass is 381 g/mol. The first kappa shape index (κ1) is 19.2. The number of amides is 1. The second-order valence-corrected chi connectivity index (χ2v) is 7.39. The number of hydrogen-bond acceptors (Lipinski definition) is 4.